The SMILES string of the molecule is CCc1c(C2CNCC(C)CO2)oc2ccccc12. The summed E-state index contributed by atoms with van der Waals surface area (Å²) in [4.78, 5) is 0. The second-order valence-corrected chi connectivity index (χ2v) is 5.38. The number of fused-ring (bicyclic) bond motifs is 1. The molecule has 3 nitrogen and oxygen atoms in total. The molecule has 19 heavy (non-hydrogen) atoms. The molecule has 1 fully saturated rings. The number of furan rings is 1. The van der Waals surface area contributed by atoms with E-state index in [1.54, 1.807) is 0 Å². The summed E-state index contributed by atoms with van der Waals surface area (Å²) in [7, 11) is 0. The van der Waals surface area contributed by atoms with Gasteiger partial charge in [-0.05, 0) is 18.4 Å². The molecule has 2 heterocycles. The number of aryl methyl sites for hydroxylation is 1. The van der Waals surface area contributed by atoms with Crippen molar-refractivity contribution < 1.29 is 9.15 Å². The third-order valence-electron chi connectivity index (χ3n) is 3.78. The molecule has 1 aliphatic heterocycles. The van der Waals surface area contributed by atoms with Gasteiger partial charge in [-0.2, -0.15) is 0 Å². The summed E-state index contributed by atoms with van der Waals surface area (Å²) in [6.45, 7) is 7.01. The Labute approximate surface area is 113 Å². The van der Waals surface area contributed by atoms with E-state index >= 15 is 0 Å². The van der Waals surface area contributed by atoms with Gasteiger partial charge in [-0.1, -0.05) is 32.0 Å². The molecule has 1 aliphatic rings. The van der Waals surface area contributed by atoms with Crippen LogP contribution in [0.3, 0.4) is 0 Å². The summed E-state index contributed by atoms with van der Waals surface area (Å²) in [5, 5.41) is 4.68. The van der Waals surface area contributed by atoms with E-state index in [-0.39, 0.29) is 6.10 Å². The second kappa shape index (κ2) is 5.35. The molecule has 0 amide bonds. The molecule has 1 aromatic heterocycles. The molecule has 3 heteroatoms. The molecule has 3 rings (SSSR count). The van der Waals surface area contributed by atoms with Crippen molar-refractivity contribution in [2.75, 3.05) is 19.7 Å². The van der Waals surface area contributed by atoms with Crippen LogP contribution in [-0.4, -0.2) is 19.7 Å². The first-order chi connectivity index (χ1) is 9.29. The van der Waals surface area contributed by atoms with Gasteiger partial charge in [0, 0.05) is 24.0 Å². The number of hydrogen-bond donors (Lipinski definition) is 1. The summed E-state index contributed by atoms with van der Waals surface area (Å²) in [5.41, 5.74) is 2.26. The highest BCUT2D eigenvalue weighted by Gasteiger charge is 2.24. The smallest absolute Gasteiger partial charge is 0.138 e. The van der Waals surface area contributed by atoms with Crippen LogP contribution in [0.4, 0.5) is 0 Å². The van der Waals surface area contributed by atoms with Crippen LogP contribution in [0, 0.1) is 5.92 Å². The molecular formula is C16H21NO2. The summed E-state index contributed by atoms with van der Waals surface area (Å²) in [6, 6.07) is 8.25. The summed E-state index contributed by atoms with van der Waals surface area (Å²) >= 11 is 0. The van der Waals surface area contributed by atoms with Crippen molar-refractivity contribution in [1.29, 1.82) is 0 Å². The molecule has 0 spiro atoms. The van der Waals surface area contributed by atoms with Gasteiger partial charge in [0.2, 0.25) is 0 Å². The zero-order chi connectivity index (χ0) is 13.2. The van der Waals surface area contributed by atoms with E-state index < -0.39 is 0 Å². The number of hydrogen-bond acceptors (Lipinski definition) is 3. The second-order valence-electron chi connectivity index (χ2n) is 5.38. The van der Waals surface area contributed by atoms with E-state index in [4.69, 9.17) is 9.15 Å². The molecule has 2 atom stereocenters. The van der Waals surface area contributed by atoms with E-state index in [9.17, 15) is 0 Å². The molecule has 1 aromatic carbocycles. The maximum Gasteiger partial charge on any atom is 0.138 e. The van der Waals surface area contributed by atoms with Crippen LogP contribution in [0.1, 0.15) is 31.3 Å². The van der Waals surface area contributed by atoms with Gasteiger partial charge in [0.25, 0.3) is 0 Å². The predicted octanol–water partition coefficient (Wildman–Crippen LogP) is 3.29. The third-order valence-corrected chi connectivity index (χ3v) is 3.78. The molecular weight excluding hydrogens is 238 g/mol. The van der Waals surface area contributed by atoms with E-state index in [2.05, 4.69) is 31.3 Å². The van der Waals surface area contributed by atoms with Crippen LogP contribution in [-0.2, 0) is 11.2 Å². The molecule has 0 saturated carbocycles. The van der Waals surface area contributed by atoms with Gasteiger partial charge in [0.1, 0.15) is 17.4 Å². The highest BCUT2D eigenvalue weighted by molar-refractivity contribution is 5.82. The van der Waals surface area contributed by atoms with E-state index in [1.165, 1.54) is 10.9 Å². The molecule has 0 radical (unpaired) electrons. The van der Waals surface area contributed by atoms with Crippen LogP contribution in [0.15, 0.2) is 28.7 Å². The van der Waals surface area contributed by atoms with E-state index in [1.807, 2.05) is 12.1 Å². The van der Waals surface area contributed by atoms with Crippen LogP contribution in [0.25, 0.3) is 11.0 Å². The Morgan fingerprint density at radius 2 is 2.11 bits per heavy atom. The first-order valence-corrected chi connectivity index (χ1v) is 7.12. The van der Waals surface area contributed by atoms with Gasteiger partial charge in [-0.25, -0.2) is 0 Å². The van der Waals surface area contributed by atoms with Crippen molar-refractivity contribution >= 4 is 11.0 Å². The minimum absolute atomic E-state index is 0.0345. The van der Waals surface area contributed by atoms with Crippen LogP contribution < -0.4 is 5.32 Å². The van der Waals surface area contributed by atoms with Crippen LogP contribution in [0.5, 0.6) is 0 Å². The van der Waals surface area contributed by atoms with Crippen LogP contribution >= 0.6 is 0 Å². The molecule has 0 bridgehead atoms. The Bertz CT molecular complexity index is 561. The molecule has 1 saturated heterocycles. The fraction of sp³-hybridized carbons (Fsp3) is 0.500. The molecule has 1 N–H and O–H groups in total. The molecule has 0 aliphatic carbocycles. The Hall–Kier alpha value is -1.32. The first-order valence-electron chi connectivity index (χ1n) is 7.12. The summed E-state index contributed by atoms with van der Waals surface area (Å²) < 4.78 is 12.1. The topological polar surface area (TPSA) is 34.4 Å². The first kappa shape index (κ1) is 12.7. The fourth-order valence-electron chi connectivity index (χ4n) is 2.77. The lowest BCUT2D eigenvalue weighted by Gasteiger charge is -2.14. The van der Waals surface area contributed by atoms with E-state index in [0.717, 1.165) is 37.5 Å². The molecule has 2 aromatic rings. The zero-order valence-electron chi connectivity index (χ0n) is 11.6. The summed E-state index contributed by atoms with van der Waals surface area (Å²) in [6.07, 6.45) is 1.01. The Kier molecular flexibility index (Phi) is 3.58. The normalized spacial score (nSPS) is 24.5. The Morgan fingerprint density at radius 3 is 2.95 bits per heavy atom. The Balaban J connectivity index is 1.99. The maximum atomic E-state index is 6.06. The zero-order valence-corrected chi connectivity index (χ0v) is 11.6. The van der Waals surface area contributed by atoms with Crippen molar-refractivity contribution in [2.24, 2.45) is 5.92 Å². The number of benzene rings is 1. The van der Waals surface area contributed by atoms with E-state index in [0.29, 0.717) is 5.92 Å². The number of para-hydroxylation sites is 1. The average Bonchev–Trinajstić information content (AvgIpc) is 2.67. The quantitative estimate of drug-likeness (QED) is 0.898. The number of ether oxygens (including phenoxy) is 1. The largest absolute Gasteiger partial charge is 0.458 e. The highest BCUT2D eigenvalue weighted by Crippen LogP contribution is 2.32. The molecule has 102 valence electrons. The number of nitrogens with one attached hydrogen (secondary N) is 1. The van der Waals surface area contributed by atoms with Gasteiger partial charge >= 0.3 is 0 Å². The van der Waals surface area contributed by atoms with Crippen molar-refractivity contribution in [1.82, 2.24) is 5.32 Å². The monoisotopic (exact) mass is 259 g/mol. The summed E-state index contributed by atoms with van der Waals surface area (Å²) in [5.74, 6) is 1.56. The maximum absolute atomic E-state index is 6.06. The Morgan fingerprint density at radius 1 is 1.26 bits per heavy atom. The minimum atomic E-state index is 0.0345. The van der Waals surface area contributed by atoms with Crippen molar-refractivity contribution in [3.63, 3.8) is 0 Å². The third kappa shape index (κ3) is 2.40. The lowest BCUT2D eigenvalue weighted by molar-refractivity contribution is 0.0379. The van der Waals surface area contributed by atoms with Gasteiger partial charge in [0.05, 0.1) is 6.61 Å². The average molecular weight is 259 g/mol. The van der Waals surface area contributed by atoms with Crippen LogP contribution in [0.2, 0.25) is 0 Å². The fourth-order valence-corrected chi connectivity index (χ4v) is 2.77. The van der Waals surface area contributed by atoms with Crippen molar-refractivity contribution in [3.05, 3.63) is 35.6 Å². The minimum Gasteiger partial charge on any atom is -0.458 e. The van der Waals surface area contributed by atoms with Gasteiger partial charge in [0.15, 0.2) is 0 Å². The van der Waals surface area contributed by atoms with Crippen molar-refractivity contribution in [3.8, 4) is 0 Å². The van der Waals surface area contributed by atoms with Gasteiger partial charge in [-0.3, -0.25) is 0 Å². The van der Waals surface area contributed by atoms with Gasteiger partial charge in [-0.15, -0.1) is 0 Å². The predicted molar refractivity (Wildman–Crippen MR) is 76.3 cm³/mol. The molecule has 2 unspecified atom stereocenters. The van der Waals surface area contributed by atoms with Crippen molar-refractivity contribution in [2.45, 2.75) is 26.4 Å². The highest BCUT2D eigenvalue weighted by atomic mass is 16.5. The lowest BCUT2D eigenvalue weighted by atomic mass is 10.1. The number of rotatable bonds is 2. The van der Waals surface area contributed by atoms with Gasteiger partial charge < -0.3 is 14.5 Å². The standard InChI is InChI=1S/C16H21NO2/c1-3-12-13-6-4-5-7-14(13)19-16(12)15-9-17-8-11(2)10-18-15/h4-7,11,15,17H,3,8-10H2,1-2H3. The lowest BCUT2D eigenvalue weighted by Crippen LogP contribution is -2.22.